The predicted octanol–water partition coefficient (Wildman–Crippen LogP) is 5.12. The molecule has 0 saturated heterocycles. The van der Waals surface area contributed by atoms with Crippen molar-refractivity contribution in [2.45, 2.75) is 81.1 Å². The van der Waals surface area contributed by atoms with E-state index in [1.807, 2.05) is 0 Å². The summed E-state index contributed by atoms with van der Waals surface area (Å²) in [6.45, 7) is 0. The van der Waals surface area contributed by atoms with Crippen LogP contribution in [0.1, 0.15) is 64.2 Å². The van der Waals surface area contributed by atoms with Gasteiger partial charge in [0.05, 0.1) is 18.1 Å². The highest BCUT2D eigenvalue weighted by Crippen LogP contribution is 2.21. The molecule has 128 valence electrons. The number of nitrogens with zero attached hydrogens (tertiary/aromatic N) is 2. The lowest BCUT2D eigenvalue weighted by molar-refractivity contribution is -0.135. The van der Waals surface area contributed by atoms with E-state index >= 15 is 0 Å². The van der Waals surface area contributed by atoms with E-state index in [2.05, 4.69) is 16.0 Å². The van der Waals surface area contributed by atoms with E-state index in [9.17, 15) is 4.79 Å². The largest absolute Gasteiger partial charge is 0.479 e. The van der Waals surface area contributed by atoms with Crippen molar-refractivity contribution < 1.29 is 9.90 Å². The smallest absolute Gasteiger partial charge is 0.337 e. The average Bonchev–Trinajstić information content (AvgIpc) is 2.50. The third-order valence-electron chi connectivity index (χ3n) is 3.82. The molecule has 0 atom stereocenters. The summed E-state index contributed by atoms with van der Waals surface area (Å²) in [6, 6.07) is 4.04. The maximum Gasteiger partial charge on any atom is 0.337 e. The highest BCUT2D eigenvalue weighted by Gasteiger charge is 2.12. The van der Waals surface area contributed by atoms with Crippen molar-refractivity contribution in [1.82, 2.24) is 0 Å². The van der Waals surface area contributed by atoms with Gasteiger partial charge in [-0.2, -0.15) is 0 Å². The van der Waals surface area contributed by atoms with Gasteiger partial charge in [0.25, 0.3) is 0 Å². The van der Waals surface area contributed by atoms with Crippen molar-refractivity contribution in [3.63, 3.8) is 0 Å². The normalized spacial score (nSPS) is 19.2. The Morgan fingerprint density at radius 2 is 1.23 bits per heavy atom. The zero-order valence-electron chi connectivity index (χ0n) is 12.7. The van der Waals surface area contributed by atoms with E-state index < -0.39 is 10.8 Å². The molecule has 0 amide bonds. The Labute approximate surface area is 148 Å². The summed E-state index contributed by atoms with van der Waals surface area (Å²) >= 11 is 9.56. The van der Waals surface area contributed by atoms with E-state index in [4.69, 9.17) is 28.3 Å². The molecule has 2 rings (SSSR count). The first-order chi connectivity index (χ1) is 10.1. The van der Waals surface area contributed by atoms with Gasteiger partial charge in [0.2, 0.25) is 4.84 Å². The van der Waals surface area contributed by atoms with Crippen LogP contribution in [0.3, 0.4) is 0 Å². The van der Waals surface area contributed by atoms with Crippen molar-refractivity contribution in [2.75, 3.05) is 0 Å². The van der Waals surface area contributed by atoms with Crippen molar-refractivity contribution >= 4 is 47.6 Å². The molecular formula is C15H25Cl3N2O2. The molecule has 0 spiro atoms. The van der Waals surface area contributed by atoms with E-state index in [-0.39, 0.29) is 12.4 Å². The predicted molar refractivity (Wildman–Crippen MR) is 94.0 cm³/mol. The molecule has 0 radical (unpaired) electrons. The molecule has 0 aromatic carbocycles. The molecule has 0 aromatic heterocycles. The number of halogens is 3. The summed E-state index contributed by atoms with van der Waals surface area (Å²) in [5.74, 6) is -1.21. The number of carboxylic acids is 1. The third kappa shape index (κ3) is 10.4. The highest BCUT2D eigenvalue weighted by atomic mass is 35.5. The quantitative estimate of drug-likeness (QED) is 0.552. The zero-order chi connectivity index (χ0) is 15.5. The number of aliphatic imine (C=N–C) groups is 2. The molecule has 1 N–H and O–H groups in total. The number of hydrogen-bond acceptors (Lipinski definition) is 3. The summed E-state index contributed by atoms with van der Waals surface area (Å²) in [6.07, 6.45) is 13.2. The van der Waals surface area contributed by atoms with Crippen LogP contribution in [-0.2, 0) is 4.79 Å². The fourth-order valence-corrected chi connectivity index (χ4v) is 2.62. The maximum atomic E-state index is 9.44. The molecule has 2 fully saturated rings. The van der Waals surface area contributed by atoms with Crippen LogP contribution in [0.2, 0.25) is 0 Å². The number of rotatable bonds is 3. The van der Waals surface area contributed by atoms with E-state index in [0.29, 0.717) is 12.1 Å². The highest BCUT2D eigenvalue weighted by molar-refractivity contribution is 6.52. The minimum atomic E-state index is -1.29. The lowest BCUT2D eigenvalue weighted by Crippen LogP contribution is -2.10. The Balaban J connectivity index is 0.000000546. The van der Waals surface area contributed by atoms with Crippen molar-refractivity contribution in [1.29, 1.82) is 0 Å². The minimum absolute atomic E-state index is 0. The lowest BCUT2D eigenvalue weighted by atomic mass is 9.96. The molecule has 0 unspecified atom stereocenters. The standard InChI is InChI=1S/C13H22N2.C2H2Cl2O2.ClH/c1-3-7-12(8-4-1)14-11-15-13-9-5-2-6-10-13;3-1(4)2(5)6;/h12-13H,1-10H2;1H,(H,5,6);1H. The maximum absolute atomic E-state index is 9.44. The van der Waals surface area contributed by atoms with Crippen LogP contribution in [-0.4, -0.2) is 34.0 Å². The van der Waals surface area contributed by atoms with Crippen LogP contribution < -0.4 is 0 Å². The van der Waals surface area contributed by atoms with E-state index in [1.165, 1.54) is 64.2 Å². The minimum Gasteiger partial charge on any atom is -0.479 e. The first-order valence-electron chi connectivity index (χ1n) is 7.75. The van der Waals surface area contributed by atoms with Crippen LogP contribution >= 0.6 is 35.6 Å². The molecule has 7 heteroatoms. The van der Waals surface area contributed by atoms with Crippen LogP contribution in [0.25, 0.3) is 0 Å². The Bertz CT molecular complexity index is 338. The van der Waals surface area contributed by atoms with Crippen LogP contribution in [0.4, 0.5) is 0 Å². The van der Waals surface area contributed by atoms with Gasteiger partial charge >= 0.3 is 5.97 Å². The average molecular weight is 372 g/mol. The Morgan fingerprint density at radius 3 is 1.50 bits per heavy atom. The second-order valence-corrected chi connectivity index (χ2v) is 6.68. The Kier molecular flexibility index (Phi) is 13.0. The second kappa shape index (κ2) is 13.2. The van der Waals surface area contributed by atoms with Gasteiger partial charge in [-0.25, -0.2) is 14.8 Å². The number of alkyl halides is 2. The Morgan fingerprint density at radius 1 is 0.909 bits per heavy atom. The molecule has 0 bridgehead atoms. The fraction of sp³-hybridized carbons (Fsp3) is 0.867. The Hall–Kier alpha value is -0.280. The third-order valence-corrected chi connectivity index (χ3v) is 4.19. The molecule has 0 aromatic rings. The molecular weight excluding hydrogens is 347 g/mol. The summed E-state index contributed by atoms with van der Waals surface area (Å²) in [4.78, 5) is 17.1. The van der Waals surface area contributed by atoms with Crippen molar-refractivity contribution in [3.05, 3.63) is 0 Å². The van der Waals surface area contributed by atoms with Crippen molar-refractivity contribution in [3.8, 4) is 0 Å². The van der Waals surface area contributed by atoms with Crippen LogP contribution in [0, 0.1) is 0 Å². The molecule has 0 heterocycles. The van der Waals surface area contributed by atoms with Crippen molar-refractivity contribution in [2.24, 2.45) is 9.98 Å². The molecule has 2 aliphatic rings. The van der Waals surface area contributed by atoms with Gasteiger partial charge in [-0.3, -0.25) is 0 Å². The lowest BCUT2D eigenvalue weighted by Gasteiger charge is -2.17. The van der Waals surface area contributed by atoms with Gasteiger partial charge in [-0.05, 0) is 25.7 Å². The van der Waals surface area contributed by atoms with Gasteiger partial charge in [-0.15, -0.1) is 12.4 Å². The molecule has 4 nitrogen and oxygen atoms in total. The zero-order valence-corrected chi connectivity index (χ0v) is 15.0. The SMILES string of the molecule is C(=NC1CCCCC1)=NC1CCCCC1.Cl.O=C(O)C(Cl)Cl. The monoisotopic (exact) mass is 370 g/mol. The number of hydrogen-bond donors (Lipinski definition) is 1. The van der Waals surface area contributed by atoms with Gasteiger partial charge in [0.1, 0.15) is 0 Å². The molecule has 2 saturated carbocycles. The summed E-state index contributed by atoms with van der Waals surface area (Å²) in [5, 5.41) is 7.73. The number of carboxylic acid groups (broad SMARTS) is 1. The summed E-state index contributed by atoms with van der Waals surface area (Å²) in [7, 11) is 0. The molecule has 22 heavy (non-hydrogen) atoms. The number of aliphatic carboxylic acids is 1. The van der Waals surface area contributed by atoms with E-state index in [1.54, 1.807) is 0 Å². The van der Waals surface area contributed by atoms with Gasteiger partial charge in [-0.1, -0.05) is 61.7 Å². The molecule has 2 aliphatic carbocycles. The topological polar surface area (TPSA) is 62.0 Å². The fourth-order valence-electron chi connectivity index (χ4n) is 2.62. The summed E-state index contributed by atoms with van der Waals surface area (Å²) < 4.78 is 0. The van der Waals surface area contributed by atoms with Gasteiger partial charge in [0, 0.05) is 0 Å². The number of carbonyl (C=O) groups is 1. The first kappa shape index (κ1) is 21.7. The van der Waals surface area contributed by atoms with Crippen LogP contribution in [0.15, 0.2) is 9.98 Å². The van der Waals surface area contributed by atoms with Crippen LogP contribution in [0.5, 0.6) is 0 Å². The molecule has 0 aliphatic heterocycles. The van der Waals surface area contributed by atoms with Gasteiger partial charge in [0.15, 0.2) is 0 Å². The second-order valence-electron chi connectivity index (χ2n) is 5.58. The summed E-state index contributed by atoms with van der Waals surface area (Å²) in [5.41, 5.74) is 0. The first-order valence-corrected chi connectivity index (χ1v) is 8.62. The van der Waals surface area contributed by atoms with E-state index in [0.717, 1.165) is 0 Å². The van der Waals surface area contributed by atoms with Gasteiger partial charge < -0.3 is 5.11 Å².